The van der Waals surface area contributed by atoms with Crippen molar-refractivity contribution in [2.75, 3.05) is 59.0 Å². The fraction of sp³-hybridized carbons (Fsp3) is 0.371. The number of rotatable bonds is 20. The van der Waals surface area contributed by atoms with Crippen LogP contribution >= 0.6 is 54.5 Å². The van der Waals surface area contributed by atoms with E-state index < -0.39 is 16.5 Å². The summed E-state index contributed by atoms with van der Waals surface area (Å²) >= 11 is 9.42. The molecule has 0 spiro atoms. The number of fused-ring (bicyclic) bond motifs is 3. The highest BCUT2D eigenvalue weighted by molar-refractivity contribution is 14.1. The number of ketones is 3. The van der Waals surface area contributed by atoms with Crippen molar-refractivity contribution in [3.63, 3.8) is 0 Å². The average molecular weight is 1510 g/mol. The van der Waals surface area contributed by atoms with Crippen molar-refractivity contribution >= 4 is 140 Å². The summed E-state index contributed by atoms with van der Waals surface area (Å²) in [5.74, 6) is -0.170. The molecule has 93 heavy (non-hydrogen) atoms. The Morgan fingerprint density at radius 1 is 0.667 bits per heavy atom. The van der Waals surface area contributed by atoms with E-state index in [1.54, 1.807) is 59.2 Å². The Morgan fingerprint density at radius 2 is 1.20 bits per heavy atom. The minimum absolute atomic E-state index is 0.0227. The summed E-state index contributed by atoms with van der Waals surface area (Å²) in [7, 11) is 0. The molecule has 7 heterocycles. The third-order valence-corrected chi connectivity index (χ3v) is 18.8. The van der Waals surface area contributed by atoms with E-state index in [9.17, 15) is 48.5 Å². The Bertz CT molecular complexity index is 4110. The SMILES string of the molecule is C=CC(=O)N1CC(CC(=O)Cn2c(C)c(C(=O)OC(C)(C)C)c3cc([N+](=O)[O-])ccc32)C1.C=CC(=O)N1CC(CC(=O)Cn2cc(C(=O)N3CCOC(c4ccccc4)C3)c3cc(Br)ccc32)C1.C=CC(=O)N1CC(CC(=O)Cn2cc(I)c3cc(Br)cc(CC)c32)C1. The maximum atomic E-state index is 13.7. The minimum Gasteiger partial charge on any atom is -0.456 e. The number of nitro benzene ring substituents is 1. The van der Waals surface area contributed by atoms with Gasteiger partial charge < -0.3 is 42.8 Å². The van der Waals surface area contributed by atoms with Crippen molar-refractivity contribution in [2.24, 2.45) is 17.8 Å². The van der Waals surface area contributed by atoms with Crippen LogP contribution in [0.1, 0.15) is 90.6 Å². The van der Waals surface area contributed by atoms with E-state index in [4.69, 9.17) is 9.47 Å². The van der Waals surface area contributed by atoms with Crippen molar-refractivity contribution in [1.82, 2.24) is 33.3 Å². The fourth-order valence-electron chi connectivity index (χ4n) is 12.4. The second-order valence-electron chi connectivity index (χ2n) is 24.9. The van der Waals surface area contributed by atoms with Gasteiger partial charge in [0.2, 0.25) is 17.7 Å². The second-order valence-corrected chi connectivity index (χ2v) is 27.9. The highest BCUT2D eigenvalue weighted by Gasteiger charge is 2.35. The number of Topliss-reactive ketones (excluding diaryl/α,β-unsaturated/α-hetero) is 3. The fourth-order valence-corrected chi connectivity index (χ4v) is 14.0. The normalized spacial score (nSPS) is 15.8. The van der Waals surface area contributed by atoms with Crippen LogP contribution in [0.4, 0.5) is 5.69 Å². The number of morpholine rings is 1. The molecule has 11 rings (SSSR count). The number of amides is 4. The van der Waals surface area contributed by atoms with E-state index >= 15 is 0 Å². The van der Waals surface area contributed by atoms with Gasteiger partial charge in [-0.1, -0.05) is 88.9 Å². The number of ether oxygens (including phenoxy) is 2. The highest BCUT2D eigenvalue weighted by atomic mass is 127. The number of likely N-dealkylation sites (tertiary alicyclic amines) is 3. The van der Waals surface area contributed by atoms with E-state index in [1.165, 1.54) is 41.3 Å². The molecule has 4 amide bonds. The van der Waals surface area contributed by atoms with Gasteiger partial charge in [0.05, 0.1) is 59.9 Å². The van der Waals surface area contributed by atoms with Gasteiger partial charge in [-0.25, -0.2) is 4.79 Å². The van der Waals surface area contributed by atoms with Gasteiger partial charge >= 0.3 is 5.97 Å². The molecule has 3 aromatic heterocycles. The van der Waals surface area contributed by atoms with Crippen LogP contribution in [-0.4, -0.2) is 150 Å². The smallest absolute Gasteiger partial charge is 0.341 e. The molecule has 1 unspecified atom stereocenters. The number of nitrogens with zero attached hydrogens (tertiary/aromatic N) is 8. The summed E-state index contributed by atoms with van der Waals surface area (Å²) in [6, 6.07) is 24.2. The van der Waals surface area contributed by atoms with Gasteiger partial charge in [0.25, 0.3) is 11.6 Å². The monoisotopic (exact) mass is 1500 g/mol. The van der Waals surface area contributed by atoms with E-state index in [0.29, 0.717) is 107 Å². The molecule has 4 fully saturated rings. The van der Waals surface area contributed by atoms with Gasteiger partial charge in [-0.2, -0.15) is 0 Å². The molecule has 4 aliphatic heterocycles. The molecule has 488 valence electrons. The molecule has 0 aliphatic carbocycles. The largest absolute Gasteiger partial charge is 0.456 e. The van der Waals surface area contributed by atoms with Crippen molar-refractivity contribution in [2.45, 2.75) is 91.6 Å². The number of carbonyl (C=O) groups excluding carboxylic acids is 8. The first-order valence-electron chi connectivity index (χ1n) is 30.8. The van der Waals surface area contributed by atoms with E-state index in [-0.39, 0.29) is 89.2 Å². The second kappa shape index (κ2) is 30.0. The maximum absolute atomic E-state index is 13.7. The Hall–Kier alpha value is -7.87. The van der Waals surface area contributed by atoms with Crippen molar-refractivity contribution in [1.29, 1.82) is 0 Å². The van der Waals surface area contributed by atoms with Gasteiger partial charge in [-0.3, -0.25) is 43.7 Å². The number of halogens is 3. The highest BCUT2D eigenvalue weighted by Crippen LogP contribution is 2.35. The van der Waals surface area contributed by atoms with Crippen LogP contribution in [0.5, 0.6) is 0 Å². The lowest BCUT2D eigenvalue weighted by molar-refractivity contribution is -0.384. The molecule has 0 radical (unpaired) electrons. The number of hydrogen-bond acceptors (Lipinski definition) is 12. The zero-order valence-electron chi connectivity index (χ0n) is 52.7. The Balaban J connectivity index is 0.000000167. The van der Waals surface area contributed by atoms with Crippen LogP contribution in [0, 0.1) is 38.4 Å². The summed E-state index contributed by atoms with van der Waals surface area (Å²) < 4.78 is 20.2. The van der Waals surface area contributed by atoms with E-state index in [1.807, 2.05) is 58.0 Å². The molecule has 0 N–H and O–H groups in total. The van der Waals surface area contributed by atoms with Crippen LogP contribution in [0.25, 0.3) is 32.7 Å². The molecule has 7 aromatic rings. The number of carbonyl (C=O) groups is 8. The number of hydrogen-bond donors (Lipinski definition) is 0. The summed E-state index contributed by atoms with van der Waals surface area (Å²) in [5.41, 5.74) is 5.28. The molecule has 4 saturated heterocycles. The van der Waals surface area contributed by atoms with Gasteiger partial charge in [-0.15, -0.1) is 0 Å². The lowest BCUT2D eigenvalue weighted by Gasteiger charge is -2.38. The van der Waals surface area contributed by atoms with Crippen LogP contribution in [-0.2, 0) is 64.3 Å². The van der Waals surface area contributed by atoms with Gasteiger partial charge in [-0.05, 0) is 122 Å². The first kappa shape index (κ1) is 69.5. The van der Waals surface area contributed by atoms with E-state index in [2.05, 4.69) is 104 Å². The van der Waals surface area contributed by atoms with Crippen LogP contribution in [0.15, 0.2) is 138 Å². The third-order valence-electron chi connectivity index (χ3n) is 17.0. The lowest BCUT2D eigenvalue weighted by Crippen LogP contribution is -2.50. The molecule has 20 nitrogen and oxygen atoms in total. The number of non-ortho nitro benzene ring substituents is 1. The number of aryl methyl sites for hydroxylation is 1. The van der Waals surface area contributed by atoms with E-state index in [0.717, 1.165) is 40.9 Å². The minimum atomic E-state index is -0.743. The molecule has 4 aliphatic rings. The summed E-state index contributed by atoms with van der Waals surface area (Å²) in [4.78, 5) is 117. The Morgan fingerprint density at radius 3 is 1.74 bits per heavy atom. The predicted octanol–water partition coefficient (Wildman–Crippen LogP) is 11.8. The zero-order valence-corrected chi connectivity index (χ0v) is 58.1. The number of aromatic nitrogens is 3. The van der Waals surface area contributed by atoms with Gasteiger partial charge in [0, 0.05) is 147 Å². The first-order valence-corrected chi connectivity index (χ1v) is 33.4. The lowest BCUT2D eigenvalue weighted by atomic mass is 9.94. The standard InChI is InChI=1S/C28H28BrN3O4.C23H27N3O6.C19H20BrIN2O2/c1-2-27(34)32-14-19(15-32)12-22(33)16-31-17-24(23-13-21(29)8-9-25(23)31)28(35)30-10-11-36-26(18-30)20-6-4-3-5-7-20;1-6-20(28)24-11-15(12-24)9-17(27)13-25-14(2)21(22(29)32-23(3,4)5)18-10-16(26(30)31)7-8-19(18)25;1-3-13-6-14(20)7-16-17(21)11-23(19(13)16)10-15(24)5-12-8-22(9-12)18(25)4-2/h2-9,13,17,19,26H,1,10-12,14-16,18H2;6-8,10,15H,1,9,11-13H2,2-5H3;4,6-7,11-12H,2-3,5,8-10H2,1H3. The summed E-state index contributed by atoms with van der Waals surface area (Å²) in [5, 5.41) is 13.7. The third kappa shape index (κ3) is 16.6. The first-order chi connectivity index (χ1) is 44.3. The van der Waals surface area contributed by atoms with Crippen LogP contribution in [0.2, 0.25) is 0 Å². The van der Waals surface area contributed by atoms with Gasteiger partial charge in [0.15, 0.2) is 17.3 Å². The van der Waals surface area contributed by atoms with Crippen LogP contribution < -0.4 is 0 Å². The predicted molar refractivity (Wildman–Crippen MR) is 371 cm³/mol. The average Bonchev–Trinajstić information content (AvgIpc) is 1.63. The Labute approximate surface area is 570 Å². The number of nitro groups is 1. The molecular formula is C70H75Br2IN8O12. The maximum Gasteiger partial charge on any atom is 0.341 e. The summed E-state index contributed by atoms with van der Waals surface area (Å²) in [6.45, 7) is 25.1. The molecular weight excluding hydrogens is 1430 g/mol. The van der Waals surface area contributed by atoms with Crippen LogP contribution in [0.3, 0.4) is 0 Å². The number of esters is 1. The Kier molecular flexibility index (Phi) is 22.4. The van der Waals surface area contributed by atoms with Crippen molar-refractivity contribution < 1.29 is 52.8 Å². The summed E-state index contributed by atoms with van der Waals surface area (Å²) in [6.07, 6.45) is 9.73. The molecule has 4 aromatic carbocycles. The van der Waals surface area contributed by atoms with Crippen molar-refractivity contribution in [3.05, 3.63) is 180 Å². The molecule has 0 saturated carbocycles. The molecule has 23 heteroatoms. The zero-order chi connectivity index (χ0) is 67.2. The quantitative estimate of drug-likeness (QED) is 0.0228. The van der Waals surface area contributed by atoms with Crippen molar-refractivity contribution in [3.8, 4) is 0 Å². The molecule has 0 bridgehead atoms. The topological polar surface area (TPSA) is 226 Å². The molecule has 1 atom stereocenters. The number of benzene rings is 4. The van der Waals surface area contributed by atoms with Gasteiger partial charge in [0.1, 0.15) is 11.7 Å².